The van der Waals surface area contributed by atoms with Crippen LogP contribution in [0.3, 0.4) is 0 Å². The summed E-state index contributed by atoms with van der Waals surface area (Å²) in [5, 5.41) is 6.47. The molecule has 0 aliphatic rings. The van der Waals surface area contributed by atoms with Crippen molar-refractivity contribution in [1.82, 2.24) is 15.5 Å². The van der Waals surface area contributed by atoms with Crippen molar-refractivity contribution >= 4 is 39.8 Å². The predicted octanol–water partition coefficient (Wildman–Crippen LogP) is 1.85. The Labute approximate surface area is 169 Å². The van der Waals surface area contributed by atoms with Gasteiger partial charge >= 0.3 is 0 Å². The Morgan fingerprint density at radius 1 is 1.20 bits per heavy atom. The molecule has 0 radical (unpaired) electrons. The molecule has 1 aromatic rings. The van der Waals surface area contributed by atoms with Crippen LogP contribution in [0.15, 0.2) is 29.3 Å². The first-order valence-electron chi connectivity index (χ1n) is 8.07. The Balaban J connectivity index is 0.00000576. The average Bonchev–Trinajstić information content (AvgIpc) is 2.49. The van der Waals surface area contributed by atoms with Crippen molar-refractivity contribution in [3.05, 3.63) is 35.4 Å². The number of halogens is 1. The second-order valence-electron chi connectivity index (χ2n) is 6.44. The van der Waals surface area contributed by atoms with Gasteiger partial charge in [-0.15, -0.1) is 24.0 Å². The van der Waals surface area contributed by atoms with Crippen LogP contribution in [0.25, 0.3) is 0 Å². The molecule has 0 saturated carbocycles. The standard InChI is InChI=1S/C17H30N4O2S.HI/c1-14(10-11-24(5,22)23)20-17(18-2)19-12-15-6-8-16(9-7-15)13-21(3)4;/h6-9,14H,10-13H2,1-5H3,(H2,18,19,20);1H. The summed E-state index contributed by atoms with van der Waals surface area (Å²) in [4.78, 5) is 6.32. The maximum Gasteiger partial charge on any atom is 0.191 e. The van der Waals surface area contributed by atoms with Crippen molar-refractivity contribution in [3.8, 4) is 0 Å². The van der Waals surface area contributed by atoms with Crippen LogP contribution in [-0.2, 0) is 22.9 Å². The molecule has 6 nitrogen and oxygen atoms in total. The van der Waals surface area contributed by atoms with Crippen LogP contribution in [0.5, 0.6) is 0 Å². The molecule has 2 N–H and O–H groups in total. The minimum atomic E-state index is -2.93. The van der Waals surface area contributed by atoms with Gasteiger partial charge in [0.05, 0.1) is 5.75 Å². The normalized spacial score (nSPS) is 13.3. The lowest BCUT2D eigenvalue weighted by atomic mass is 10.1. The molecule has 0 fully saturated rings. The zero-order chi connectivity index (χ0) is 18.2. The van der Waals surface area contributed by atoms with Crippen molar-refractivity contribution < 1.29 is 8.42 Å². The van der Waals surface area contributed by atoms with Gasteiger partial charge < -0.3 is 15.5 Å². The number of hydrogen-bond donors (Lipinski definition) is 2. The van der Waals surface area contributed by atoms with Crippen LogP contribution in [0.2, 0.25) is 0 Å². The molecule has 0 saturated heterocycles. The first-order valence-corrected chi connectivity index (χ1v) is 10.1. The molecule has 25 heavy (non-hydrogen) atoms. The van der Waals surface area contributed by atoms with Crippen molar-refractivity contribution in [2.24, 2.45) is 4.99 Å². The third-order valence-corrected chi connectivity index (χ3v) is 4.49. The van der Waals surface area contributed by atoms with Crippen LogP contribution in [0.1, 0.15) is 24.5 Å². The van der Waals surface area contributed by atoms with Gasteiger partial charge in [0.15, 0.2) is 5.96 Å². The average molecular weight is 482 g/mol. The molecule has 0 bridgehead atoms. The SMILES string of the molecule is CN=C(NCc1ccc(CN(C)C)cc1)NC(C)CCS(C)(=O)=O.I. The molecule has 0 amide bonds. The van der Waals surface area contributed by atoms with E-state index >= 15 is 0 Å². The summed E-state index contributed by atoms with van der Waals surface area (Å²) in [6.45, 7) is 3.55. The summed E-state index contributed by atoms with van der Waals surface area (Å²) >= 11 is 0. The van der Waals surface area contributed by atoms with Gasteiger partial charge in [-0.25, -0.2) is 8.42 Å². The number of nitrogens with one attached hydrogen (secondary N) is 2. The first kappa shape index (κ1) is 24.1. The van der Waals surface area contributed by atoms with Gasteiger partial charge in [-0.1, -0.05) is 24.3 Å². The fourth-order valence-corrected chi connectivity index (χ4v) is 2.99. The highest BCUT2D eigenvalue weighted by atomic mass is 127. The summed E-state index contributed by atoms with van der Waals surface area (Å²) in [5.74, 6) is 0.847. The fraction of sp³-hybridized carbons (Fsp3) is 0.588. The lowest BCUT2D eigenvalue weighted by Gasteiger charge is -2.18. The lowest BCUT2D eigenvalue weighted by Crippen LogP contribution is -2.42. The zero-order valence-electron chi connectivity index (χ0n) is 15.7. The molecule has 144 valence electrons. The second-order valence-corrected chi connectivity index (χ2v) is 8.70. The third-order valence-electron chi connectivity index (χ3n) is 3.51. The van der Waals surface area contributed by atoms with Crippen LogP contribution in [0.4, 0.5) is 0 Å². The fourth-order valence-electron chi connectivity index (χ4n) is 2.20. The largest absolute Gasteiger partial charge is 0.354 e. The van der Waals surface area contributed by atoms with E-state index < -0.39 is 9.84 Å². The Kier molecular flexibility index (Phi) is 11.3. The van der Waals surface area contributed by atoms with E-state index in [2.05, 4.69) is 58.9 Å². The molecule has 0 heterocycles. The molecule has 8 heteroatoms. The quantitative estimate of drug-likeness (QED) is 0.336. The summed E-state index contributed by atoms with van der Waals surface area (Å²) in [6.07, 6.45) is 1.81. The third kappa shape index (κ3) is 11.4. The van der Waals surface area contributed by atoms with E-state index in [1.165, 1.54) is 17.4 Å². The number of nitrogens with zero attached hydrogens (tertiary/aromatic N) is 2. The highest BCUT2D eigenvalue weighted by Crippen LogP contribution is 2.06. The minimum Gasteiger partial charge on any atom is -0.354 e. The van der Waals surface area contributed by atoms with E-state index in [1.54, 1.807) is 7.05 Å². The molecule has 1 rings (SSSR count). The molecule has 1 aromatic carbocycles. The van der Waals surface area contributed by atoms with Crippen LogP contribution in [-0.4, -0.2) is 58.5 Å². The van der Waals surface area contributed by atoms with Crippen LogP contribution < -0.4 is 10.6 Å². The number of guanidine groups is 1. The molecular weight excluding hydrogens is 451 g/mol. The Hall–Kier alpha value is -0.870. The van der Waals surface area contributed by atoms with Crippen molar-refractivity contribution in [1.29, 1.82) is 0 Å². The topological polar surface area (TPSA) is 73.8 Å². The predicted molar refractivity (Wildman–Crippen MR) is 116 cm³/mol. The first-order chi connectivity index (χ1) is 11.2. The minimum absolute atomic E-state index is 0. The van der Waals surface area contributed by atoms with Gasteiger partial charge in [-0.3, -0.25) is 4.99 Å². The molecule has 0 aromatic heterocycles. The van der Waals surface area contributed by atoms with E-state index in [1.807, 2.05) is 6.92 Å². The van der Waals surface area contributed by atoms with E-state index in [9.17, 15) is 8.42 Å². The van der Waals surface area contributed by atoms with Gasteiger partial charge in [-0.2, -0.15) is 0 Å². The molecule has 1 atom stereocenters. The smallest absolute Gasteiger partial charge is 0.191 e. The Bertz CT molecular complexity index is 631. The molecule has 0 aliphatic heterocycles. The molecule has 1 unspecified atom stereocenters. The Morgan fingerprint density at radius 3 is 2.24 bits per heavy atom. The highest BCUT2D eigenvalue weighted by molar-refractivity contribution is 14.0. The van der Waals surface area contributed by atoms with E-state index in [0.29, 0.717) is 18.9 Å². The van der Waals surface area contributed by atoms with Gasteiger partial charge in [-0.05, 0) is 38.6 Å². The molecular formula is C17H31IN4O2S. The number of rotatable bonds is 8. The van der Waals surface area contributed by atoms with Crippen molar-refractivity contribution in [2.75, 3.05) is 33.2 Å². The van der Waals surface area contributed by atoms with Crippen LogP contribution >= 0.6 is 24.0 Å². The van der Waals surface area contributed by atoms with Crippen LogP contribution in [0, 0.1) is 0 Å². The van der Waals surface area contributed by atoms with E-state index in [0.717, 1.165) is 6.54 Å². The van der Waals surface area contributed by atoms with Gasteiger partial charge in [0.2, 0.25) is 0 Å². The lowest BCUT2D eigenvalue weighted by molar-refractivity contribution is 0.402. The molecule has 0 spiro atoms. The maximum absolute atomic E-state index is 11.2. The van der Waals surface area contributed by atoms with Crippen molar-refractivity contribution in [2.45, 2.75) is 32.5 Å². The number of hydrogen-bond acceptors (Lipinski definition) is 4. The molecule has 0 aliphatic carbocycles. The van der Waals surface area contributed by atoms with Gasteiger partial charge in [0.25, 0.3) is 0 Å². The van der Waals surface area contributed by atoms with E-state index in [-0.39, 0.29) is 35.8 Å². The maximum atomic E-state index is 11.2. The number of benzene rings is 1. The van der Waals surface area contributed by atoms with Gasteiger partial charge in [0.1, 0.15) is 9.84 Å². The number of aliphatic imine (C=N–C) groups is 1. The second kappa shape index (κ2) is 11.7. The Morgan fingerprint density at radius 2 is 1.76 bits per heavy atom. The summed E-state index contributed by atoms with van der Waals surface area (Å²) in [6, 6.07) is 8.50. The summed E-state index contributed by atoms with van der Waals surface area (Å²) in [5.41, 5.74) is 2.45. The zero-order valence-corrected chi connectivity index (χ0v) is 18.9. The highest BCUT2D eigenvalue weighted by Gasteiger charge is 2.09. The monoisotopic (exact) mass is 482 g/mol. The van der Waals surface area contributed by atoms with Gasteiger partial charge in [0, 0.05) is 32.4 Å². The van der Waals surface area contributed by atoms with Crippen molar-refractivity contribution in [3.63, 3.8) is 0 Å². The van der Waals surface area contributed by atoms with E-state index in [4.69, 9.17) is 0 Å². The summed E-state index contributed by atoms with van der Waals surface area (Å²) in [7, 11) is 2.88. The number of sulfone groups is 1. The summed E-state index contributed by atoms with van der Waals surface area (Å²) < 4.78 is 22.4.